The first-order chi connectivity index (χ1) is 14.9. The van der Waals surface area contributed by atoms with Gasteiger partial charge in [-0.05, 0) is 36.2 Å². The third-order valence-electron chi connectivity index (χ3n) is 4.84. The molecule has 1 atom stereocenters. The van der Waals surface area contributed by atoms with Crippen molar-refractivity contribution in [3.05, 3.63) is 65.9 Å². The summed E-state index contributed by atoms with van der Waals surface area (Å²) in [6.07, 6.45) is 2.74. The molecule has 5 N–H and O–H groups in total. The van der Waals surface area contributed by atoms with E-state index in [0.29, 0.717) is 31.5 Å². The lowest BCUT2D eigenvalue weighted by Crippen LogP contribution is -2.47. The number of phenols is 1. The summed E-state index contributed by atoms with van der Waals surface area (Å²) in [5.74, 6) is -0.824. The van der Waals surface area contributed by atoms with E-state index in [1.54, 1.807) is 12.1 Å². The van der Waals surface area contributed by atoms with Crippen LogP contribution in [0.2, 0.25) is 0 Å². The minimum atomic E-state index is -0.696. The van der Waals surface area contributed by atoms with Crippen LogP contribution in [0.4, 0.5) is 0 Å². The van der Waals surface area contributed by atoms with Crippen LogP contribution in [0, 0.1) is 0 Å². The van der Waals surface area contributed by atoms with E-state index in [0.717, 1.165) is 16.5 Å². The number of aromatic nitrogens is 1. The molecule has 3 rings (SSSR count). The van der Waals surface area contributed by atoms with Crippen molar-refractivity contribution in [2.45, 2.75) is 25.8 Å². The summed E-state index contributed by atoms with van der Waals surface area (Å²) in [6.45, 7) is 2.09. The molecule has 0 radical (unpaired) electrons. The van der Waals surface area contributed by atoms with Crippen molar-refractivity contribution in [2.24, 2.45) is 0 Å². The molecule has 0 aliphatic carbocycles. The Balaban J connectivity index is 1.49. The van der Waals surface area contributed by atoms with Crippen molar-refractivity contribution in [1.82, 2.24) is 20.9 Å². The fourth-order valence-corrected chi connectivity index (χ4v) is 3.35. The van der Waals surface area contributed by atoms with Gasteiger partial charge in [0, 0.05) is 49.1 Å². The average Bonchev–Trinajstić information content (AvgIpc) is 3.15. The second-order valence-corrected chi connectivity index (χ2v) is 7.27. The summed E-state index contributed by atoms with van der Waals surface area (Å²) < 4.78 is 0. The van der Waals surface area contributed by atoms with Gasteiger partial charge in [0.15, 0.2) is 0 Å². The number of carbonyl (C=O) groups is 3. The number of aromatic hydroxyl groups is 1. The summed E-state index contributed by atoms with van der Waals surface area (Å²) in [5, 5.41) is 18.7. The molecule has 1 aromatic heterocycles. The van der Waals surface area contributed by atoms with Gasteiger partial charge in [-0.25, -0.2) is 0 Å². The number of aromatic amines is 1. The quantitative estimate of drug-likeness (QED) is 0.338. The molecule has 0 aliphatic heterocycles. The number of H-pyrrole nitrogens is 1. The first kappa shape index (κ1) is 21.9. The summed E-state index contributed by atoms with van der Waals surface area (Å²) in [4.78, 5) is 39.5. The van der Waals surface area contributed by atoms with Crippen LogP contribution in [0.15, 0.2) is 54.7 Å². The van der Waals surface area contributed by atoms with Gasteiger partial charge in [-0.15, -0.1) is 0 Å². The van der Waals surface area contributed by atoms with Crippen molar-refractivity contribution in [2.75, 3.05) is 13.1 Å². The maximum atomic E-state index is 12.6. The van der Waals surface area contributed by atoms with Crippen LogP contribution in [0.25, 0.3) is 10.9 Å². The van der Waals surface area contributed by atoms with Crippen molar-refractivity contribution in [3.8, 4) is 5.75 Å². The Morgan fingerprint density at radius 2 is 1.81 bits per heavy atom. The van der Waals surface area contributed by atoms with Gasteiger partial charge >= 0.3 is 0 Å². The molecule has 8 heteroatoms. The number of nitrogens with one attached hydrogen (secondary N) is 4. The average molecular weight is 422 g/mol. The van der Waals surface area contributed by atoms with Gasteiger partial charge in [0.25, 0.3) is 5.91 Å². The second-order valence-electron chi connectivity index (χ2n) is 7.27. The summed E-state index contributed by atoms with van der Waals surface area (Å²) >= 11 is 0. The Morgan fingerprint density at radius 3 is 2.58 bits per heavy atom. The first-order valence-corrected chi connectivity index (χ1v) is 10.1. The van der Waals surface area contributed by atoms with Gasteiger partial charge in [0.1, 0.15) is 11.8 Å². The van der Waals surface area contributed by atoms with Gasteiger partial charge in [-0.1, -0.05) is 24.3 Å². The van der Waals surface area contributed by atoms with Crippen LogP contribution < -0.4 is 16.0 Å². The summed E-state index contributed by atoms with van der Waals surface area (Å²) in [7, 11) is 0. The molecule has 3 aromatic rings. The molecule has 162 valence electrons. The monoisotopic (exact) mass is 422 g/mol. The molecule has 0 saturated heterocycles. The molecule has 1 heterocycles. The predicted octanol–water partition coefficient (Wildman–Crippen LogP) is 1.86. The van der Waals surface area contributed by atoms with E-state index in [-0.39, 0.29) is 23.5 Å². The minimum absolute atomic E-state index is 0.0270. The summed E-state index contributed by atoms with van der Waals surface area (Å²) in [6, 6.07) is 13.2. The van der Waals surface area contributed by atoms with E-state index in [9.17, 15) is 19.5 Å². The lowest BCUT2D eigenvalue weighted by molar-refractivity contribution is -0.128. The number of phenolic OH excluding ortho intramolecular Hbond substituents is 1. The van der Waals surface area contributed by atoms with Crippen LogP contribution in [0.3, 0.4) is 0 Å². The third-order valence-corrected chi connectivity index (χ3v) is 4.84. The highest BCUT2D eigenvalue weighted by Gasteiger charge is 2.21. The van der Waals surface area contributed by atoms with Gasteiger partial charge in [0.05, 0.1) is 0 Å². The van der Waals surface area contributed by atoms with Gasteiger partial charge in [0.2, 0.25) is 11.8 Å². The van der Waals surface area contributed by atoms with Crippen molar-refractivity contribution in [1.29, 1.82) is 0 Å². The Kier molecular flexibility index (Phi) is 7.26. The van der Waals surface area contributed by atoms with Crippen LogP contribution in [-0.2, 0) is 16.0 Å². The number of benzene rings is 2. The first-order valence-electron chi connectivity index (χ1n) is 10.1. The molecule has 0 spiro atoms. The smallest absolute Gasteiger partial charge is 0.251 e. The van der Waals surface area contributed by atoms with E-state index < -0.39 is 6.04 Å². The van der Waals surface area contributed by atoms with Crippen LogP contribution in [0.1, 0.15) is 29.3 Å². The van der Waals surface area contributed by atoms with Gasteiger partial charge < -0.3 is 26.0 Å². The zero-order valence-corrected chi connectivity index (χ0v) is 17.3. The number of para-hydroxylation sites is 1. The highest BCUT2D eigenvalue weighted by atomic mass is 16.3. The molecule has 0 saturated carbocycles. The predicted molar refractivity (Wildman–Crippen MR) is 118 cm³/mol. The summed E-state index contributed by atoms with van der Waals surface area (Å²) in [5.41, 5.74) is 2.29. The van der Waals surface area contributed by atoms with E-state index in [4.69, 9.17) is 0 Å². The third kappa shape index (κ3) is 6.08. The minimum Gasteiger partial charge on any atom is -0.508 e. The maximum absolute atomic E-state index is 12.6. The molecule has 0 fully saturated rings. The SMILES string of the molecule is CC(=O)NC(Cc1c[nH]c2ccccc12)C(=O)NCCCNC(=O)c1cccc(O)c1. The number of hydrogen-bond acceptors (Lipinski definition) is 4. The standard InChI is InChI=1S/C23H26N4O4/c1-15(28)27-21(13-17-14-26-20-9-3-2-8-19(17)20)23(31)25-11-5-10-24-22(30)16-6-4-7-18(29)12-16/h2-4,6-9,12,14,21,26,29H,5,10-11,13H2,1H3,(H,24,30)(H,25,31)(H,27,28). The molecule has 8 nitrogen and oxygen atoms in total. The Labute approximate surface area is 180 Å². The normalized spacial score (nSPS) is 11.6. The number of fused-ring (bicyclic) bond motifs is 1. The Bertz CT molecular complexity index is 1080. The van der Waals surface area contributed by atoms with E-state index in [2.05, 4.69) is 20.9 Å². The van der Waals surface area contributed by atoms with E-state index in [1.807, 2.05) is 30.5 Å². The second kappa shape index (κ2) is 10.3. The zero-order valence-electron chi connectivity index (χ0n) is 17.3. The fourth-order valence-electron chi connectivity index (χ4n) is 3.35. The fraction of sp³-hybridized carbons (Fsp3) is 0.261. The van der Waals surface area contributed by atoms with Crippen molar-refractivity contribution in [3.63, 3.8) is 0 Å². The van der Waals surface area contributed by atoms with Crippen molar-refractivity contribution >= 4 is 28.6 Å². The van der Waals surface area contributed by atoms with Crippen LogP contribution >= 0.6 is 0 Å². The largest absolute Gasteiger partial charge is 0.508 e. The Hall–Kier alpha value is -3.81. The highest BCUT2D eigenvalue weighted by molar-refractivity contribution is 5.94. The molecule has 3 amide bonds. The topological polar surface area (TPSA) is 123 Å². The molecule has 31 heavy (non-hydrogen) atoms. The Morgan fingerprint density at radius 1 is 1.03 bits per heavy atom. The lowest BCUT2D eigenvalue weighted by Gasteiger charge is -2.17. The molecule has 2 aromatic carbocycles. The number of carbonyl (C=O) groups excluding carboxylic acids is 3. The molecule has 0 bridgehead atoms. The highest BCUT2D eigenvalue weighted by Crippen LogP contribution is 2.19. The zero-order chi connectivity index (χ0) is 22.2. The van der Waals surface area contributed by atoms with E-state index >= 15 is 0 Å². The van der Waals surface area contributed by atoms with Crippen LogP contribution in [-0.4, -0.2) is 46.9 Å². The lowest BCUT2D eigenvalue weighted by atomic mass is 10.0. The molecule has 0 aliphatic rings. The maximum Gasteiger partial charge on any atom is 0.251 e. The van der Waals surface area contributed by atoms with Gasteiger partial charge in [-0.3, -0.25) is 14.4 Å². The van der Waals surface area contributed by atoms with E-state index in [1.165, 1.54) is 19.1 Å². The van der Waals surface area contributed by atoms with Gasteiger partial charge in [-0.2, -0.15) is 0 Å². The molecule has 1 unspecified atom stereocenters. The number of amides is 3. The number of rotatable bonds is 9. The number of hydrogen-bond donors (Lipinski definition) is 5. The molecular formula is C23H26N4O4. The van der Waals surface area contributed by atoms with Crippen LogP contribution in [0.5, 0.6) is 5.75 Å². The molecular weight excluding hydrogens is 396 g/mol. The van der Waals surface area contributed by atoms with Crippen molar-refractivity contribution < 1.29 is 19.5 Å².